The number of nitrogens with one attached hydrogen (secondary N) is 1. The smallest absolute Gasteiger partial charge is 0.252 e. The van der Waals surface area contributed by atoms with Gasteiger partial charge >= 0.3 is 0 Å². The minimum atomic E-state index is -0.837. The highest BCUT2D eigenvalue weighted by molar-refractivity contribution is 6.34. The molecule has 0 spiro atoms. The van der Waals surface area contributed by atoms with Gasteiger partial charge in [-0.25, -0.2) is 0 Å². The molecule has 0 aliphatic heterocycles. The summed E-state index contributed by atoms with van der Waals surface area (Å²) in [5.41, 5.74) is 1.96. The van der Waals surface area contributed by atoms with Gasteiger partial charge in [-0.1, -0.05) is 43.4 Å². The molecule has 0 atom stereocenters. The average Bonchev–Trinajstić information content (AvgIpc) is 2.89. The standard InChI is InChI=1S/C21H28ClN3O3/c1-15-12-19(24-25(15)10-11-26)16-6-7-18(22)17(13-16)20(27)23-14-21(28)8-4-2-3-5-9-21/h6-7,12-13,26,28H,2-5,8-11,14H2,1H3,(H,23,27). The SMILES string of the molecule is Cc1cc(-c2ccc(Cl)c(C(=O)NCC3(O)CCCCCC3)c2)nn1CCO. The van der Waals surface area contributed by atoms with Crippen LogP contribution in [0.2, 0.25) is 5.02 Å². The Kier molecular flexibility index (Phi) is 6.75. The van der Waals surface area contributed by atoms with Gasteiger partial charge in [0.15, 0.2) is 0 Å². The Morgan fingerprint density at radius 2 is 1.96 bits per heavy atom. The largest absolute Gasteiger partial charge is 0.394 e. The van der Waals surface area contributed by atoms with Crippen LogP contribution in [-0.2, 0) is 6.54 Å². The second-order valence-electron chi connectivity index (χ2n) is 7.63. The van der Waals surface area contributed by atoms with Gasteiger partial charge in [0.05, 0.1) is 35.0 Å². The summed E-state index contributed by atoms with van der Waals surface area (Å²) < 4.78 is 1.73. The molecule has 1 aliphatic carbocycles. The van der Waals surface area contributed by atoms with Crippen molar-refractivity contribution in [2.45, 2.75) is 57.6 Å². The first-order valence-electron chi connectivity index (χ1n) is 9.88. The molecule has 28 heavy (non-hydrogen) atoms. The number of aryl methyl sites for hydroxylation is 1. The summed E-state index contributed by atoms with van der Waals surface area (Å²) in [6.07, 6.45) is 5.65. The first-order chi connectivity index (χ1) is 13.4. The van der Waals surface area contributed by atoms with Crippen molar-refractivity contribution in [2.75, 3.05) is 13.2 Å². The monoisotopic (exact) mass is 405 g/mol. The molecule has 3 N–H and O–H groups in total. The summed E-state index contributed by atoms with van der Waals surface area (Å²) in [5.74, 6) is -0.295. The Balaban J connectivity index is 1.75. The van der Waals surface area contributed by atoms with Gasteiger partial charge in [0.25, 0.3) is 5.91 Å². The van der Waals surface area contributed by atoms with Crippen molar-refractivity contribution in [3.63, 3.8) is 0 Å². The lowest BCUT2D eigenvalue weighted by molar-refractivity contribution is 0.0246. The number of rotatable bonds is 6. The fourth-order valence-electron chi connectivity index (χ4n) is 3.73. The lowest BCUT2D eigenvalue weighted by atomic mass is 9.94. The Morgan fingerprint density at radius 3 is 2.64 bits per heavy atom. The van der Waals surface area contributed by atoms with Gasteiger partial charge in [0.1, 0.15) is 0 Å². The maximum absolute atomic E-state index is 12.7. The summed E-state index contributed by atoms with van der Waals surface area (Å²) in [5, 5.41) is 27.6. The fraction of sp³-hybridized carbons (Fsp3) is 0.524. The Hall–Kier alpha value is -1.89. The van der Waals surface area contributed by atoms with Crippen molar-refractivity contribution < 1.29 is 15.0 Å². The minimum Gasteiger partial charge on any atom is -0.394 e. The van der Waals surface area contributed by atoms with E-state index in [-0.39, 0.29) is 19.1 Å². The summed E-state index contributed by atoms with van der Waals surface area (Å²) in [4.78, 5) is 12.7. The summed E-state index contributed by atoms with van der Waals surface area (Å²) in [6, 6.07) is 7.14. The molecular weight excluding hydrogens is 378 g/mol. The van der Waals surface area contributed by atoms with Crippen LogP contribution in [0, 0.1) is 6.92 Å². The number of hydrogen-bond acceptors (Lipinski definition) is 4. The van der Waals surface area contributed by atoms with Crippen LogP contribution in [0.15, 0.2) is 24.3 Å². The van der Waals surface area contributed by atoms with Gasteiger partial charge in [-0.2, -0.15) is 5.10 Å². The zero-order valence-electron chi connectivity index (χ0n) is 16.2. The molecule has 6 nitrogen and oxygen atoms in total. The third-order valence-corrected chi connectivity index (χ3v) is 5.74. The first-order valence-corrected chi connectivity index (χ1v) is 10.3. The van der Waals surface area contributed by atoms with Crippen LogP contribution >= 0.6 is 11.6 Å². The number of nitrogens with zero attached hydrogens (tertiary/aromatic N) is 2. The number of benzene rings is 1. The fourth-order valence-corrected chi connectivity index (χ4v) is 3.94. The van der Waals surface area contributed by atoms with Gasteiger partial charge in [0.2, 0.25) is 0 Å². The number of aliphatic hydroxyl groups is 2. The normalized spacial score (nSPS) is 16.6. The Labute approximate surface area is 170 Å². The second-order valence-corrected chi connectivity index (χ2v) is 8.04. The van der Waals surface area contributed by atoms with Crippen LogP contribution in [0.5, 0.6) is 0 Å². The topological polar surface area (TPSA) is 87.4 Å². The third kappa shape index (κ3) is 4.93. The molecule has 1 aromatic heterocycles. The minimum absolute atomic E-state index is 0.0130. The molecule has 1 heterocycles. The Bertz CT molecular complexity index is 826. The van der Waals surface area contributed by atoms with Crippen molar-refractivity contribution in [2.24, 2.45) is 0 Å². The van der Waals surface area contributed by atoms with E-state index in [1.54, 1.807) is 16.8 Å². The molecule has 0 bridgehead atoms. The van der Waals surface area contributed by atoms with Crippen molar-refractivity contribution in [1.29, 1.82) is 0 Å². The van der Waals surface area contributed by atoms with Gasteiger partial charge in [-0.05, 0) is 38.0 Å². The van der Waals surface area contributed by atoms with Gasteiger partial charge in [-0.3, -0.25) is 9.48 Å². The molecule has 1 aliphatic rings. The molecule has 0 saturated heterocycles. The van der Waals surface area contributed by atoms with Crippen LogP contribution in [-0.4, -0.2) is 44.7 Å². The van der Waals surface area contributed by atoms with Gasteiger partial charge < -0.3 is 15.5 Å². The molecular formula is C21H28ClN3O3. The lowest BCUT2D eigenvalue weighted by Crippen LogP contribution is -2.42. The first kappa shape index (κ1) is 20.8. The molecule has 0 unspecified atom stereocenters. The zero-order chi connectivity index (χ0) is 20.1. The van der Waals surface area contributed by atoms with E-state index in [2.05, 4.69) is 10.4 Å². The van der Waals surface area contributed by atoms with Crippen LogP contribution in [0.3, 0.4) is 0 Å². The van der Waals surface area contributed by atoms with Crippen molar-refractivity contribution >= 4 is 17.5 Å². The van der Waals surface area contributed by atoms with Crippen molar-refractivity contribution in [3.05, 3.63) is 40.5 Å². The van der Waals surface area contributed by atoms with E-state index in [4.69, 9.17) is 16.7 Å². The lowest BCUT2D eigenvalue weighted by Gasteiger charge is -2.26. The highest BCUT2D eigenvalue weighted by atomic mass is 35.5. The van der Waals surface area contributed by atoms with Gasteiger partial charge in [0, 0.05) is 17.8 Å². The van der Waals surface area contributed by atoms with E-state index < -0.39 is 5.60 Å². The predicted molar refractivity (Wildman–Crippen MR) is 109 cm³/mol. The van der Waals surface area contributed by atoms with Crippen molar-refractivity contribution in [1.82, 2.24) is 15.1 Å². The molecule has 1 aromatic carbocycles. The molecule has 1 saturated carbocycles. The highest BCUT2D eigenvalue weighted by Gasteiger charge is 2.28. The van der Waals surface area contributed by atoms with Crippen LogP contribution in [0.4, 0.5) is 0 Å². The summed E-state index contributed by atoms with van der Waals surface area (Å²) in [6.45, 7) is 2.59. The number of amides is 1. The molecule has 152 valence electrons. The maximum Gasteiger partial charge on any atom is 0.252 e. The molecule has 7 heteroatoms. The van der Waals surface area contributed by atoms with E-state index in [0.29, 0.717) is 30.0 Å². The maximum atomic E-state index is 12.7. The summed E-state index contributed by atoms with van der Waals surface area (Å²) >= 11 is 6.27. The number of halogens is 1. The molecule has 1 amide bonds. The average molecular weight is 406 g/mol. The zero-order valence-corrected chi connectivity index (χ0v) is 17.0. The van der Waals surface area contributed by atoms with Crippen LogP contribution in [0.25, 0.3) is 11.3 Å². The van der Waals surface area contributed by atoms with Crippen LogP contribution in [0.1, 0.15) is 54.6 Å². The third-order valence-electron chi connectivity index (χ3n) is 5.41. The van der Waals surface area contributed by atoms with E-state index in [1.807, 2.05) is 19.1 Å². The quantitative estimate of drug-likeness (QED) is 0.643. The molecule has 1 fully saturated rings. The number of carbonyl (C=O) groups is 1. The molecule has 0 radical (unpaired) electrons. The summed E-state index contributed by atoms with van der Waals surface area (Å²) in [7, 11) is 0. The second kappa shape index (κ2) is 9.07. The van der Waals surface area contributed by atoms with E-state index >= 15 is 0 Å². The predicted octanol–water partition coefficient (Wildman–Crippen LogP) is 3.32. The molecule has 3 rings (SSSR count). The van der Waals surface area contributed by atoms with Crippen molar-refractivity contribution in [3.8, 4) is 11.3 Å². The number of aromatic nitrogens is 2. The van der Waals surface area contributed by atoms with Crippen LogP contribution < -0.4 is 5.32 Å². The van der Waals surface area contributed by atoms with E-state index in [9.17, 15) is 9.90 Å². The van der Waals surface area contributed by atoms with E-state index in [1.165, 1.54) is 0 Å². The number of carbonyl (C=O) groups excluding carboxylic acids is 1. The van der Waals surface area contributed by atoms with Gasteiger partial charge in [-0.15, -0.1) is 0 Å². The Morgan fingerprint density at radius 1 is 1.25 bits per heavy atom. The van der Waals surface area contributed by atoms with E-state index in [0.717, 1.165) is 42.6 Å². The number of hydrogen-bond donors (Lipinski definition) is 3. The highest BCUT2D eigenvalue weighted by Crippen LogP contribution is 2.28. The number of aliphatic hydroxyl groups excluding tert-OH is 1. The molecule has 2 aromatic rings.